The maximum Gasteiger partial charge on any atom is 0.300 e. The lowest BCUT2D eigenvalue weighted by molar-refractivity contribution is -0.141. The molecule has 0 aromatic rings. The fourth-order valence-electron chi connectivity index (χ4n) is 1.99. The van der Waals surface area contributed by atoms with Gasteiger partial charge in [0.05, 0.1) is 7.85 Å². The average molecular weight is 239 g/mol. The molecule has 0 spiro atoms. The Balaban J connectivity index is 4.12. The first-order valence-corrected chi connectivity index (χ1v) is 6.74. The largest absolute Gasteiger partial charge is 0.481 e. The maximum atomic E-state index is 11.2. The number of nitrogens with zero attached hydrogens (tertiary/aromatic N) is 1. The molecule has 0 aliphatic carbocycles. The molecule has 0 aliphatic rings. The van der Waals surface area contributed by atoms with Gasteiger partial charge in [0.25, 0.3) is 0 Å². The SMILES string of the molecule is [B]C(CCCC)(CCCN(CC)CC)C(=O)O. The minimum Gasteiger partial charge on any atom is -0.481 e. The van der Waals surface area contributed by atoms with E-state index >= 15 is 0 Å². The smallest absolute Gasteiger partial charge is 0.300 e. The second kappa shape index (κ2) is 8.57. The number of carboxylic acid groups (broad SMARTS) is 1. The molecule has 98 valence electrons. The van der Waals surface area contributed by atoms with E-state index in [0.717, 1.165) is 38.9 Å². The van der Waals surface area contributed by atoms with Crippen LogP contribution in [-0.4, -0.2) is 43.5 Å². The van der Waals surface area contributed by atoms with E-state index in [-0.39, 0.29) is 0 Å². The zero-order valence-corrected chi connectivity index (χ0v) is 11.5. The van der Waals surface area contributed by atoms with E-state index in [9.17, 15) is 9.90 Å². The molecule has 1 unspecified atom stereocenters. The summed E-state index contributed by atoms with van der Waals surface area (Å²) in [4.78, 5) is 13.5. The standard InChI is InChI=1S/C13H26BNO2/c1-4-7-9-13(14,12(16)17)10-8-11-15(5-2)6-3/h4-11H2,1-3H3,(H,16,17). The van der Waals surface area contributed by atoms with Crippen LogP contribution in [0.1, 0.15) is 52.9 Å². The van der Waals surface area contributed by atoms with Gasteiger partial charge in [-0.1, -0.05) is 33.6 Å². The monoisotopic (exact) mass is 239 g/mol. The van der Waals surface area contributed by atoms with Crippen LogP contribution in [0.25, 0.3) is 0 Å². The second-order valence-electron chi connectivity index (χ2n) is 4.70. The normalized spacial score (nSPS) is 14.8. The van der Waals surface area contributed by atoms with Gasteiger partial charge in [-0.2, -0.15) is 0 Å². The Morgan fingerprint density at radius 2 is 1.71 bits per heavy atom. The molecular weight excluding hydrogens is 213 g/mol. The summed E-state index contributed by atoms with van der Waals surface area (Å²) in [7, 11) is 5.98. The molecule has 0 heterocycles. The Morgan fingerprint density at radius 1 is 1.18 bits per heavy atom. The number of hydrogen-bond donors (Lipinski definition) is 1. The van der Waals surface area contributed by atoms with E-state index in [4.69, 9.17) is 7.85 Å². The minimum atomic E-state index is -1.02. The molecule has 4 heteroatoms. The van der Waals surface area contributed by atoms with E-state index in [1.807, 2.05) is 0 Å². The first-order chi connectivity index (χ1) is 8.00. The summed E-state index contributed by atoms with van der Waals surface area (Å²) in [5.41, 5.74) is 0. The van der Waals surface area contributed by atoms with Gasteiger partial charge < -0.3 is 10.0 Å². The molecule has 0 aromatic heterocycles. The third-order valence-electron chi connectivity index (χ3n) is 3.39. The van der Waals surface area contributed by atoms with Crippen molar-refractivity contribution in [2.24, 2.45) is 0 Å². The Kier molecular flexibility index (Phi) is 8.31. The summed E-state index contributed by atoms with van der Waals surface area (Å²) in [6, 6.07) is 0. The highest BCUT2D eigenvalue weighted by Gasteiger charge is 2.30. The number of carbonyl (C=O) groups is 1. The molecule has 0 fully saturated rings. The van der Waals surface area contributed by atoms with Crippen molar-refractivity contribution in [1.82, 2.24) is 4.90 Å². The number of aliphatic carboxylic acids is 1. The van der Waals surface area contributed by atoms with Gasteiger partial charge in [0, 0.05) is 5.31 Å². The molecule has 1 N–H and O–H groups in total. The molecule has 3 nitrogen and oxygen atoms in total. The van der Waals surface area contributed by atoms with Crippen molar-refractivity contribution < 1.29 is 9.90 Å². The molecule has 0 rings (SSSR count). The Bertz CT molecular complexity index is 219. The van der Waals surface area contributed by atoms with Crippen molar-refractivity contribution in [2.45, 2.75) is 58.2 Å². The molecule has 17 heavy (non-hydrogen) atoms. The summed E-state index contributed by atoms with van der Waals surface area (Å²) in [6.07, 6.45) is 3.88. The van der Waals surface area contributed by atoms with Gasteiger partial charge in [0.1, 0.15) is 0 Å². The van der Waals surface area contributed by atoms with Crippen molar-refractivity contribution >= 4 is 13.8 Å². The molecule has 0 saturated heterocycles. The van der Waals surface area contributed by atoms with E-state index in [2.05, 4.69) is 25.7 Å². The topological polar surface area (TPSA) is 40.5 Å². The van der Waals surface area contributed by atoms with Gasteiger partial charge in [-0.25, -0.2) is 0 Å². The van der Waals surface area contributed by atoms with Crippen molar-refractivity contribution in [3.05, 3.63) is 0 Å². The molecule has 0 amide bonds. The van der Waals surface area contributed by atoms with E-state index in [1.54, 1.807) is 0 Å². The summed E-state index contributed by atoms with van der Waals surface area (Å²) < 4.78 is 0. The first-order valence-electron chi connectivity index (χ1n) is 6.74. The van der Waals surface area contributed by atoms with Gasteiger partial charge in [-0.3, -0.25) is 4.79 Å². The van der Waals surface area contributed by atoms with Crippen LogP contribution in [0.4, 0.5) is 0 Å². The van der Waals surface area contributed by atoms with Crippen molar-refractivity contribution in [3.8, 4) is 0 Å². The summed E-state index contributed by atoms with van der Waals surface area (Å²) in [6.45, 7) is 9.25. The molecule has 0 bridgehead atoms. The van der Waals surface area contributed by atoms with Crippen LogP contribution in [0, 0.1) is 0 Å². The third-order valence-corrected chi connectivity index (χ3v) is 3.39. The second-order valence-corrected chi connectivity index (χ2v) is 4.70. The van der Waals surface area contributed by atoms with Crippen LogP contribution in [0.5, 0.6) is 0 Å². The van der Waals surface area contributed by atoms with E-state index in [0.29, 0.717) is 12.8 Å². The maximum absolute atomic E-state index is 11.2. The van der Waals surface area contributed by atoms with Gasteiger partial charge >= 0.3 is 5.97 Å². The number of rotatable bonds is 10. The molecule has 0 saturated carbocycles. The van der Waals surface area contributed by atoms with Crippen LogP contribution in [0.3, 0.4) is 0 Å². The van der Waals surface area contributed by atoms with Crippen molar-refractivity contribution in [1.29, 1.82) is 0 Å². The minimum absolute atomic E-state index is 0.568. The lowest BCUT2D eigenvalue weighted by Gasteiger charge is -2.27. The van der Waals surface area contributed by atoms with Crippen LogP contribution >= 0.6 is 0 Å². The predicted octanol–water partition coefficient (Wildman–Crippen LogP) is 2.71. The zero-order valence-electron chi connectivity index (χ0n) is 11.5. The summed E-state index contributed by atoms with van der Waals surface area (Å²) >= 11 is 0. The molecule has 0 aliphatic heterocycles. The van der Waals surface area contributed by atoms with Gasteiger partial charge in [-0.15, -0.1) is 0 Å². The summed E-state index contributed by atoms with van der Waals surface area (Å²) in [5.74, 6) is -0.856. The van der Waals surface area contributed by atoms with Crippen molar-refractivity contribution in [3.63, 3.8) is 0 Å². The summed E-state index contributed by atoms with van der Waals surface area (Å²) in [5, 5.41) is 8.18. The zero-order chi connectivity index (χ0) is 13.3. The highest BCUT2D eigenvalue weighted by atomic mass is 16.4. The fraction of sp³-hybridized carbons (Fsp3) is 0.923. The molecular formula is C13H26BNO2. The number of hydrogen-bond acceptors (Lipinski definition) is 2. The lowest BCUT2D eigenvalue weighted by Crippen LogP contribution is -2.28. The number of unbranched alkanes of at least 4 members (excludes halogenated alkanes) is 1. The first kappa shape index (κ1) is 16.5. The highest BCUT2D eigenvalue weighted by molar-refractivity contribution is 6.26. The van der Waals surface area contributed by atoms with Crippen molar-refractivity contribution in [2.75, 3.05) is 19.6 Å². The number of carboxylic acids is 1. The van der Waals surface area contributed by atoms with E-state index in [1.165, 1.54) is 0 Å². The van der Waals surface area contributed by atoms with Gasteiger partial charge in [0.15, 0.2) is 0 Å². The Labute approximate surface area is 107 Å². The molecule has 2 radical (unpaired) electrons. The average Bonchev–Trinajstić information content (AvgIpc) is 2.32. The Hall–Kier alpha value is -0.505. The predicted molar refractivity (Wildman–Crippen MR) is 72.6 cm³/mol. The van der Waals surface area contributed by atoms with Crippen LogP contribution < -0.4 is 0 Å². The fourth-order valence-corrected chi connectivity index (χ4v) is 1.99. The Morgan fingerprint density at radius 3 is 2.12 bits per heavy atom. The van der Waals surface area contributed by atoms with E-state index < -0.39 is 11.3 Å². The third kappa shape index (κ3) is 6.11. The molecule has 1 atom stereocenters. The van der Waals surface area contributed by atoms with Gasteiger partial charge in [0.2, 0.25) is 0 Å². The van der Waals surface area contributed by atoms with Gasteiger partial charge in [-0.05, 0) is 38.9 Å². The quantitative estimate of drug-likeness (QED) is 0.596. The highest BCUT2D eigenvalue weighted by Crippen LogP contribution is 2.34. The lowest BCUT2D eigenvalue weighted by atomic mass is 9.63. The van der Waals surface area contributed by atoms with Crippen LogP contribution in [0.2, 0.25) is 5.31 Å². The van der Waals surface area contributed by atoms with Crippen LogP contribution in [0.15, 0.2) is 0 Å². The molecule has 0 aromatic carbocycles. The van der Waals surface area contributed by atoms with Crippen LogP contribution in [-0.2, 0) is 4.79 Å².